The summed E-state index contributed by atoms with van der Waals surface area (Å²) in [5.41, 5.74) is 1.97. The number of nitrogens with zero attached hydrogens (tertiary/aromatic N) is 5. The lowest BCUT2D eigenvalue weighted by molar-refractivity contribution is -0.130. The Morgan fingerprint density at radius 1 is 1.00 bits per heavy atom. The molecule has 0 saturated heterocycles. The molecule has 2 aromatic heterocycles. The Balaban J connectivity index is 1.58. The molecule has 0 unspecified atom stereocenters. The van der Waals surface area contributed by atoms with E-state index in [0.29, 0.717) is 68.5 Å². The van der Waals surface area contributed by atoms with E-state index in [2.05, 4.69) is 30.9 Å². The Hall–Kier alpha value is -4.52. The summed E-state index contributed by atoms with van der Waals surface area (Å²) in [6.45, 7) is 8.28. The number of fused-ring (bicyclic) bond motifs is 1. The van der Waals surface area contributed by atoms with Crippen LogP contribution in [-0.4, -0.2) is 82.3 Å². The molecule has 0 spiro atoms. The summed E-state index contributed by atoms with van der Waals surface area (Å²) in [5.74, 6) is 1.38. The fraction of sp³-hybridized carbons (Fsp3) is 0.529. The van der Waals surface area contributed by atoms with Crippen molar-refractivity contribution in [2.45, 2.75) is 78.0 Å². The zero-order valence-corrected chi connectivity index (χ0v) is 28.1. The molecule has 254 valence electrons. The minimum absolute atomic E-state index is 0.0561. The largest absolute Gasteiger partial charge is 0.493 e. The van der Waals surface area contributed by atoms with Crippen LogP contribution in [0.5, 0.6) is 11.5 Å². The van der Waals surface area contributed by atoms with Crippen LogP contribution >= 0.6 is 0 Å². The van der Waals surface area contributed by atoms with Crippen LogP contribution in [0.3, 0.4) is 0 Å². The number of rotatable bonds is 8. The summed E-state index contributed by atoms with van der Waals surface area (Å²) in [5, 5.41) is 13.7. The molecule has 3 heterocycles. The average molecular weight is 649 g/mol. The van der Waals surface area contributed by atoms with E-state index in [1.807, 2.05) is 50.4 Å². The van der Waals surface area contributed by atoms with Gasteiger partial charge in [0.15, 0.2) is 17.3 Å². The SMILES string of the molecule is CC[C@H](C)[C@@H]1NC(=O)CCCN(Cc2cccnc2)CCCNC(=O)Cn2nc(Cc3ccc(OC)c(OC)c3)nc2[C@@H](C)NC1=O. The Bertz CT molecular complexity index is 1480. The first kappa shape index (κ1) is 35.3. The zero-order valence-electron chi connectivity index (χ0n) is 28.1. The third-order valence-corrected chi connectivity index (χ3v) is 8.39. The van der Waals surface area contributed by atoms with Gasteiger partial charge in [-0.15, -0.1) is 0 Å². The van der Waals surface area contributed by atoms with Crippen molar-refractivity contribution in [3.63, 3.8) is 0 Å². The first-order chi connectivity index (χ1) is 22.7. The lowest BCUT2D eigenvalue weighted by Crippen LogP contribution is -2.51. The van der Waals surface area contributed by atoms with Gasteiger partial charge in [0, 0.05) is 44.9 Å². The fourth-order valence-electron chi connectivity index (χ4n) is 5.61. The lowest BCUT2D eigenvalue weighted by atomic mass is 9.97. The van der Waals surface area contributed by atoms with Crippen LogP contribution in [0.4, 0.5) is 0 Å². The zero-order chi connectivity index (χ0) is 33.8. The maximum absolute atomic E-state index is 13.6. The average Bonchev–Trinajstić information content (AvgIpc) is 3.46. The molecule has 1 aromatic carbocycles. The highest BCUT2D eigenvalue weighted by Gasteiger charge is 2.29. The second-order valence-electron chi connectivity index (χ2n) is 12.0. The van der Waals surface area contributed by atoms with E-state index in [1.54, 1.807) is 32.0 Å². The van der Waals surface area contributed by atoms with Crippen molar-refractivity contribution in [1.82, 2.24) is 40.6 Å². The molecule has 3 aromatic rings. The summed E-state index contributed by atoms with van der Waals surface area (Å²) in [7, 11) is 3.16. The van der Waals surface area contributed by atoms with Gasteiger partial charge < -0.3 is 25.4 Å². The number of ether oxygens (including phenoxy) is 2. The first-order valence-corrected chi connectivity index (χ1v) is 16.3. The highest BCUT2D eigenvalue weighted by atomic mass is 16.5. The van der Waals surface area contributed by atoms with E-state index in [9.17, 15) is 14.4 Å². The Kier molecular flexibility index (Phi) is 13.1. The van der Waals surface area contributed by atoms with Crippen molar-refractivity contribution in [3.05, 3.63) is 65.5 Å². The number of nitrogens with one attached hydrogen (secondary N) is 3. The summed E-state index contributed by atoms with van der Waals surface area (Å²) < 4.78 is 12.4. The molecule has 47 heavy (non-hydrogen) atoms. The molecule has 0 bridgehead atoms. The Morgan fingerprint density at radius 3 is 2.51 bits per heavy atom. The van der Waals surface area contributed by atoms with Gasteiger partial charge in [0.2, 0.25) is 17.7 Å². The van der Waals surface area contributed by atoms with E-state index in [4.69, 9.17) is 14.5 Å². The topological polar surface area (TPSA) is 153 Å². The van der Waals surface area contributed by atoms with E-state index in [0.717, 1.165) is 24.1 Å². The molecule has 0 fully saturated rings. The number of carbonyl (C=O) groups excluding carboxylic acids is 3. The number of hydrogen-bond acceptors (Lipinski definition) is 9. The second kappa shape index (κ2) is 17.4. The van der Waals surface area contributed by atoms with Gasteiger partial charge in [-0.3, -0.25) is 24.3 Å². The van der Waals surface area contributed by atoms with Crippen molar-refractivity contribution < 1.29 is 23.9 Å². The van der Waals surface area contributed by atoms with Gasteiger partial charge in [-0.25, -0.2) is 9.67 Å². The van der Waals surface area contributed by atoms with Gasteiger partial charge >= 0.3 is 0 Å². The predicted molar refractivity (Wildman–Crippen MR) is 177 cm³/mol. The summed E-state index contributed by atoms with van der Waals surface area (Å²) in [6, 6.07) is 8.23. The van der Waals surface area contributed by atoms with Gasteiger partial charge in [-0.05, 0) is 61.6 Å². The molecule has 3 atom stereocenters. The quantitative estimate of drug-likeness (QED) is 0.335. The number of pyridine rings is 1. The molecule has 0 radical (unpaired) electrons. The van der Waals surface area contributed by atoms with Crippen LogP contribution in [0.1, 0.15) is 75.3 Å². The highest BCUT2D eigenvalue weighted by Crippen LogP contribution is 2.28. The van der Waals surface area contributed by atoms with Gasteiger partial charge in [0.05, 0.1) is 20.3 Å². The minimum atomic E-state index is -0.716. The number of aromatic nitrogens is 4. The van der Waals surface area contributed by atoms with E-state index in [-0.39, 0.29) is 30.2 Å². The summed E-state index contributed by atoms with van der Waals surface area (Å²) in [6.07, 6.45) is 6.33. The fourth-order valence-corrected chi connectivity index (χ4v) is 5.61. The number of methoxy groups -OCH3 is 2. The van der Waals surface area contributed by atoms with Crippen LogP contribution in [0.25, 0.3) is 0 Å². The Labute approximate surface area is 276 Å². The van der Waals surface area contributed by atoms with E-state index >= 15 is 0 Å². The molecule has 0 aliphatic carbocycles. The third-order valence-electron chi connectivity index (χ3n) is 8.39. The van der Waals surface area contributed by atoms with Crippen LogP contribution in [0.2, 0.25) is 0 Å². The molecule has 1 aliphatic heterocycles. The van der Waals surface area contributed by atoms with Crippen molar-refractivity contribution in [2.24, 2.45) is 5.92 Å². The predicted octanol–water partition coefficient (Wildman–Crippen LogP) is 2.79. The summed E-state index contributed by atoms with van der Waals surface area (Å²) in [4.78, 5) is 51.1. The molecule has 0 saturated carbocycles. The van der Waals surface area contributed by atoms with Gasteiger partial charge in [-0.1, -0.05) is 32.4 Å². The van der Waals surface area contributed by atoms with Gasteiger partial charge in [0.25, 0.3) is 0 Å². The first-order valence-electron chi connectivity index (χ1n) is 16.3. The molecule has 13 nitrogen and oxygen atoms in total. The van der Waals surface area contributed by atoms with E-state index < -0.39 is 12.1 Å². The molecular formula is C34H48N8O5. The van der Waals surface area contributed by atoms with Crippen molar-refractivity contribution in [1.29, 1.82) is 0 Å². The Morgan fingerprint density at radius 2 is 1.79 bits per heavy atom. The van der Waals surface area contributed by atoms with Crippen LogP contribution in [-0.2, 0) is 33.9 Å². The monoisotopic (exact) mass is 648 g/mol. The summed E-state index contributed by atoms with van der Waals surface area (Å²) >= 11 is 0. The third kappa shape index (κ3) is 10.2. The second-order valence-corrected chi connectivity index (χ2v) is 12.0. The van der Waals surface area contributed by atoms with Crippen molar-refractivity contribution in [2.75, 3.05) is 33.9 Å². The number of amides is 3. The van der Waals surface area contributed by atoms with E-state index in [1.165, 1.54) is 0 Å². The normalized spacial score (nSPS) is 19.7. The van der Waals surface area contributed by atoms with Crippen molar-refractivity contribution in [3.8, 4) is 11.5 Å². The highest BCUT2D eigenvalue weighted by molar-refractivity contribution is 5.88. The number of carbonyl (C=O) groups is 3. The number of hydrogen-bond donors (Lipinski definition) is 3. The molecular weight excluding hydrogens is 600 g/mol. The van der Waals surface area contributed by atoms with Crippen LogP contribution in [0, 0.1) is 5.92 Å². The molecule has 3 amide bonds. The minimum Gasteiger partial charge on any atom is -0.493 e. The maximum atomic E-state index is 13.6. The lowest BCUT2D eigenvalue weighted by Gasteiger charge is -2.26. The number of benzene rings is 1. The van der Waals surface area contributed by atoms with Crippen molar-refractivity contribution >= 4 is 17.7 Å². The van der Waals surface area contributed by atoms with Crippen LogP contribution < -0.4 is 25.4 Å². The maximum Gasteiger partial charge on any atom is 0.243 e. The van der Waals surface area contributed by atoms with Gasteiger partial charge in [-0.2, -0.15) is 5.10 Å². The molecule has 3 N–H and O–H groups in total. The molecule has 13 heteroatoms. The molecule has 4 rings (SSSR count). The smallest absolute Gasteiger partial charge is 0.243 e. The van der Waals surface area contributed by atoms with Crippen LogP contribution in [0.15, 0.2) is 42.7 Å². The molecule has 1 aliphatic rings. The standard InChI is InChI=1S/C34H48N8O5/c1-6-23(2)32-34(45)37-24(3)33-38-29(19-25-12-13-27(46-4)28(18-25)47-5)40-42(33)22-31(44)36-15-9-17-41(16-8-11-30(43)39-32)21-26-10-7-14-35-20-26/h7,10,12-14,18,20,23-24,32H,6,8-9,11,15-17,19,21-22H2,1-5H3,(H,36,44)(H,37,45)(H,39,43)/t23-,24+,32-/m0/s1. The van der Waals surface area contributed by atoms with Gasteiger partial charge in [0.1, 0.15) is 18.4 Å².